The summed E-state index contributed by atoms with van der Waals surface area (Å²) in [5.74, 6) is -0.0978. The van der Waals surface area contributed by atoms with Gasteiger partial charge in [0.15, 0.2) is 0 Å². The first-order chi connectivity index (χ1) is 9.85. The molecule has 0 amide bonds. The predicted octanol–water partition coefficient (Wildman–Crippen LogP) is 5.48. The molecule has 2 aromatic rings. The fourth-order valence-electron chi connectivity index (χ4n) is 1.67. The Hall–Kier alpha value is -0.570. The van der Waals surface area contributed by atoms with Gasteiger partial charge in [0.1, 0.15) is 10.2 Å². The molecule has 0 atom stereocenters. The van der Waals surface area contributed by atoms with E-state index in [9.17, 15) is 8.78 Å². The van der Waals surface area contributed by atoms with E-state index in [1.54, 1.807) is 6.07 Å². The van der Waals surface area contributed by atoms with Gasteiger partial charge in [-0.3, -0.25) is 0 Å². The number of halogens is 6. The van der Waals surface area contributed by atoms with Gasteiger partial charge in [0.2, 0.25) is 5.88 Å². The molecule has 0 aliphatic heterocycles. The van der Waals surface area contributed by atoms with E-state index in [1.165, 1.54) is 17.8 Å². The summed E-state index contributed by atoms with van der Waals surface area (Å²) in [7, 11) is 1.49. The molecule has 0 aliphatic carbocycles. The molecule has 0 spiro atoms. The number of benzene rings is 1. The highest BCUT2D eigenvalue weighted by Gasteiger charge is 2.22. The minimum Gasteiger partial charge on any atom is -0.416 e. The number of nitrogens with one attached hydrogen (secondary N) is 1. The minimum atomic E-state index is -2.95. The van der Waals surface area contributed by atoms with Crippen LogP contribution in [-0.4, -0.2) is 16.4 Å². The Morgan fingerprint density at radius 3 is 2.57 bits per heavy atom. The van der Waals surface area contributed by atoms with Gasteiger partial charge in [-0.1, -0.05) is 23.2 Å². The molecule has 10 heteroatoms. The van der Waals surface area contributed by atoms with Crippen molar-refractivity contribution < 1.29 is 13.5 Å². The molecule has 0 radical (unpaired) electrons. The van der Waals surface area contributed by atoms with Gasteiger partial charge >= 0.3 is 6.61 Å². The lowest BCUT2D eigenvalue weighted by molar-refractivity contribution is -0.0558. The maximum atomic E-state index is 12.4. The first kappa shape index (κ1) is 16.8. The quantitative estimate of drug-likeness (QED) is 0.608. The normalized spacial score (nSPS) is 11.0. The number of alkyl halides is 2. The van der Waals surface area contributed by atoms with Crippen molar-refractivity contribution in [2.24, 2.45) is 7.05 Å². The molecule has 0 unspecified atom stereocenters. The van der Waals surface area contributed by atoms with Crippen molar-refractivity contribution in [1.82, 2.24) is 9.78 Å². The number of aromatic nitrogens is 2. The summed E-state index contributed by atoms with van der Waals surface area (Å²) in [5.41, 5.74) is 1.43. The highest BCUT2D eigenvalue weighted by molar-refractivity contribution is 9.10. The van der Waals surface area contributed by atoms with E-state index in [4.69, 9.17) is 23.2 Å². The van der Waals surface area contributed by atoms with E-state index in [2.05, 4.69) is 46.3 Å². The van der Waals surface area contributed by atoms with Gasteiger partial charge in [-0.2, -0.15) is 13.9 Å². The maximum Gasteiger partial charge on any atom is 0.388 e. The van der Waals surface area contributed by atoms with Gasteiger partial charge in [0.25, 0.3) is 0 Å². The van der Waals surface area contributed by atoms with Crippen LogP contribution in [0.15, 0.2) is 16.6 Å². The van der Waals surface area contributed by atoms with E-state index in [1.807, 2.05) is 0 Å². The molecule has 0 fully saturated rings. The van der Waals surface area contributed by atoms with E-state index in [0.29, 0.717) is 27.0 Å². The Morgan fingerprint density at radius 1 is 1.33 bits per heavy atom. The Balaban J connectivity index is 2.57. The van der Waals surface area contributed by atoms with Crippen molar-refractivity contribution in [2.75, 3.05) is 4.34 Å². The van der Waals surface area contributed by atoms with Crippen LogP contribution in [0.1, 0.15) is 0 Å². The summed E-state index contributed by atoms with van der Waals surface area (Å²) in [4.78, 5) is 0. The third kappa shape index (κ3) is 3.44. The molecule has 0 aliphatic rings. The fourth-order valence-corrected chi connectivity index (χ4v) is 3.28. The Kier molecular flexibility index (Phi) is 5.34. The molecular weight excluding hydrogens is 459 g/mol. The topological polar surface area (TPSA) is 39.1 Å². The van der Waals surface area contributed by atoms with Crippen LogP contribution in [0, 0.1) is 0 Å². The van der Waals surface area contributed by atoms with Crippen LogP contribution in [0.2, 0.25) is 10.0 Å². The monoisotopic (exact) mass is 463 g/mol. The van der Waals surface area contributed by atoms with E-state index in [-0.39, 0.29) is 10.4 Å². The van der Waals surface area contributed by atoms with Crippen LogP contribution in [0.5, 0.6) is 5.88 Å². The van der Waals surface area contributed by atoms with Gasteiger partial charge in [-0.05, 0) is 28.1 Å². The molecular formula is C11H7Br2Cl2F2N3O. The number of hydrogen-bond donors (Lipinski definition) is 1. The lowest BCUT2D eigenvalue weighted by Gasteiger charge is -2.07. The average molecular weight is 466 g/mol. The van der Waals surface area contributed by atoms with Crippen molar-refractivity contribution in [3.63, 3.8) is 0 Å². The molecule has 2 rings (SSSR count). The Bertz CT molecular complexity index is 682. The zero-order valence-electron chi connectivity index (χ0n) is 10.3. The molecule has 1 heterocycles. The van der Waals surface area contributed by atoms with Crippen LogP contribution in [0.25, 0.3) is 11.3 Å². The summed E-state index contributed by atoms with van der Waals surface area (Å²) in [5, 5.41) is 4.87. The standard InChI is InChI=1S/C11H7Br2Cl2F2N3O/c1-20-10(21-11(16)17)8(12)9(19-20)4-2-7(18-13)6(15)3-5(4)14/h2-3,11,18H,1H3. The third-order valence-corrected chi connectivity index (χ3v) is 4.32. The van der Waals surface area contributed by atoms with Crippen molar-refractivity contribution in [3.05, 3.63) is 26.7 Å². The summed E-state index contributed by atoms with van der Waals surface area (Å²) in [6, 6.07) is 3.16. The first-order valence-electron chi connectivity index (χ1n) is 5.38. The van der Waals surface area contributed by atoms with Crippen LogP contribution in [-0.2, 0) is 7.05 Å². The lowest BCUT2D eigenvalue weighted by Crippen LogP contribution is -2.06. The smallest absolute Gasteiger partial charge is 0.388 e. The summed E-state index contributed by atoms with van der Waals surface area (Å²) in [6.07, 6.45) is 0. The highest BCUT2D eigenvalue weighted by atomic mass is 79.9. The molecule has 1 N–H and O–H groups in total. The van der Waals surface area contributed by atoms with Gasteiger partial charge in [-0.25, -0.2) is 4.68 Å². The number of rotatable bonds is 4. The molecule has 0 bridgehead atoms. The van der Waals surface area contributed by atoms with Crippen LogP contribution >= 0.6 is 55.3 Å². The van der Waals surface area contributed by atoms with Gasteiger partial charge in [0.05, 0.1) is 15.7 Å². The first-order valence-corrected chi connectivity index (χ1v) is 7.72. The van der Waals surface area contributed by atoms with Gasteiger partial charge in [0, 0.05) is 28.8 Å². The largest absolute Gasteiger partial charge is 0.416 e. The number of anilines is 1. The van der Waals surface area contributed by atoms with Gasteiger partial charge in [-0.15, -0.1) is 0 Å². The molecule has 114 valence electrons. The third-order valence-electron chi connectivity index (χ3n) is 2.55. The van der Waals surface area contributed by atoms with Gasteiger partial charge < -0.3 is 9.08 Å². The average Bonchev–Trinajstić information content (AvgIpc) is 2.66. The fraction of sp³-hybridized carbons (Fsp3) is 0.182. The molecule has 1 aromatic carbocycles. The van der Waals surface area contributed by atoms with Crippen molar-refractivity contribution in [1.29, 1.82) is 0 Å². The second-order valence-electron chi connectivity index (χ2n) is 3.88. The Morgan fingerprint density at radius 2 is 2.00 bits per heavy atom. The lowest BCUT2D eigenvalue weighted by atomic mass is 10.1. The molecule has 0 saturated heterocycles. The van der Waals surface area contributed by atoms with Crippen LogP contribution in [0.4, 0.5) is 14.5 Å². The number of nitrogens with zero attached hydrogens (tertiary/aromatic N) is 2. The zero-order valence-corrected chi connectivity index (χ0v) is 15.0. The van der Waals surface area contributed by atoms with E-state index >= 15 is 0 Å². The van der Waals surface area contributed by atoms with Crippen molar-refractivity contribution in [2.45, 2.75) is 6.61 Å². The molecule has 21 heavy (non-hydrogen) atoms. The SMILES string of the molecule is Cn1nc(-c2cc(NBr)c(Cl)cc2Cl)c(Br)c1OC(F)F. The highest BCUT2D eigenvalue weighted by Crippen LogP contribution is 2.41. The van der Waals surface area contributed by atoms with Crippen LogP contribution < -0.4 is 9.08 Å². The zero-order chi connectivity index (χ0) is 15.7. The van der Waals surface area contributed by atoms with Crippen molar-refractivity contribution in [3.8, 4) is 17.1 Å². The minimum absolute atomic E-state index is 0.0978. The predicted molar refractivity (Wildman–Crippen MR) is 85.5 cm³/mol. The van der Waals surface area contributed by atoms with Crippen LogP contribution in [0.3, 0.4) is 0 Å². The number of hydrogen-bond acceptors (Lipinski definition) is 3. The molecule has 0 saturated carbocycles. The summed E-state index contributed by atoms with van der Waals surface area (Å²) >= 11 is 18.4. The molecule has 1 aromatic heterocycles. The Labute approximate surface area is 145 Å². The number of ether oxygens (including phenoxy) is 1. The van der Waals surface area contributed by atoms with E-state index < -0.39 is 6.61 Å². The second-order valence-corrected chi connectivity index (χ2v) is 5.88. The maximum absolute atomic E-state index is 12.4. The van der Waals surface area contributed by atoms with Crippen molar-refractivity contribution >= 4 is 61.0 Å². The second kappa shape index (κ2) is 6.68. The van der Waals surface area contributed by atoms with E-state index in [0.717, 1.165) is 0 Å². The summed E-state index contributed by atoms with van der Waals surface area (Å²) in [6.45, 7) is -2.95. The number of aryl methyl sites for hydroxylation is 1. The molecule has 4 nitrogen and oxygen atoms in total. The summed E-state index contributed by atoms with van der Waals surface area (Å²) < 4.78 is 33.4.